The Hall–Kier alpha value is -7.22. The van der Waals surface area contributed by atoms with Crippen LogP contribution in [0.15, 0.2) is 218 Å². The quantitative estimate of drug-likeness (QED) is 0.154. The standard InChI is InChI=1S/C56H39N/c1-4-17-39(18-5-1)47-32-30-40-19-12-13-25-46(40)55(47)56-49-27-15-14-26-48(49)54(44-29-28-38-16-10-11-24-43(38)36-44)51-37-45(31-33-50(51)56)57-52(41-20-6-2-7-21-41)34-35-53(57)42-22-8-3-9-23-42/h1-34,36-37,53H,35H2. The molecule has 57 heavy (non-hydrogen) atoms. The zero-order valence-corrected chi connectivity index (χ0v) is 31.5. The van der Waals surface area contributed by atoms with E-state index in [1.54, 1.807) is 0 Å². The molecule has 1 nitrogen and oxygen atoms in total. The van der Waals surface area contributed by atoms with Crippen molar-refractivity contribution < 1.29 is 0 Å². The molecule has 1 heteroatoms. The van der Waals surface area contributed by atoms with Crippen molar-refractivity contribution in [3.05, 3.63) is 230 Å². The van der Waals surface area contributed by atoms with Crippen molar-refractivity contribution in [1.82, 2.24) is 0 Å². The van der Waals surface area contributed by atoms with Crippen LogP contribution in [0.3, 0.4) is 0 Å². The summed E-state index contributed by atoms with van der Waals surface area (Å²) in [5.74, 6) is 0. The summed E-state index contributed by atoms with van der Waals surface area (Å²) in [5.41, 5.74) is 12.5. The average Bonchev–Trinajstić information content (AvgIpc) is 3.74. The van der Waals surface area contributed by atoms with Crippen LogP contribution < -0.4 is 4.90 Å². The average molecular weight is 726 g/mol. The molecule has 0 saturated carbocycles. The first kappa shape index (κ1) is 33.1. The molecule has 0 spiro atoms. The Morgan fingerprint density at radius 2 is 0.930 bits per heavy atom. The van der Waals surface area contributed by atoms with Crippen molar-refractivity contribution in [3.8, 4) is 33.4 Å². The summed E-state index contributed by atoms with van der Waals surface area (Å²) < 4.78 is 0. The zero-order chi connectivity index (χ0) is 37.7. The lowest BCUT2D eigenvalue weighted by Crippen LogP contribution is -2.22. The molecule has 0 fully saturated rings. The molecule has 0 N–H and O–H groups in total. The van der Waals surface area contributed by atoms with E-state index in [1.165, 1.54) is 99.0 Å². The largest absolute Gasteiger partial charge is 0.333 e. The highest BCUT2D eigenvalue weighted by atomic mass is 15.2. The molecule has 10 aromatic carbocycles. The van der Waals surface area contributed by atoms with Gasteiger partial charge in [-0.2, -0.15) is 0 Å². The van der Waals surface area contributed by atoms with E-state index in [2.05, 4.69) is 223 Å². The van der Waals surface area contributed by atoms with Crippen LogP contribution >= 0.6 is 0 Å². The summed E-state index contributed by atoms with van der Waals surface area (Å²) in [6.45, 7) is 0. The smallest absolute Gasteiger partial charge is 0.0626 e. The molecule has 1 unspecified atom stereocenters. The molecule has 0 radical (unpaired) electrons. The van der Waals surface area contributed by atoms with E-state index in [0.717, 1.165) is 6.42 Å². The Morgan fingerprint density at radius 1 is 0.351 bits per heavy atom. The highest BCUT2D eigenvalue weighted by Gasteiger charge is 2.30. The zero-order valence-electron chi connectivity index (χ0n) is 31.5. The monoisotopic (exact) mass is 725 g/mol. The maximum absolute atomic E-state index is 2.58. The van der Waals surface area contributed by atoms with Crippen molar-refractivity contribution in [1.29, 1.82) is 0 Å². The van der Waals surface area contributed by atoms with Crippen LogP contribution in [0.5, 0.6) is 0 Å². The van der Waals surface area contributed by atoms with Gasteiger partial charge in [-0.15, -0.1) is 0 Å². The predicted octanol–water partition coefficient (Wildman–Crippen LogP) is 15.3. The summed E-state index contributed by atoms with van der Waals surface area (Å²) in [5, 5.41) is 9.97. The van der Waals surface area contributed by atoms with E-state index in [9.17, 15) is 0 Å². The van der Waals surface area contributed by atoms with Crippen molar-refractivity contribution in [2.75, 3.05) is 4.90 Å². The Balaban J connectivity index is 1.26. The summed E-state index contributed by atoms with van der Waals surface area (Å²) in [7, 11) is 0. The highest BCUT2D eigenvalue weighted by molar-refractivity contribution is 6.26. The Kier molecular flexibility index (Phi) is 8.03. The second-order valence-corrected chi connectivity index (χ2v) is 15.2. The predicted molar refractivity (Wildman–Crippen MR) is 243 cm³/mol. The lowest BCUT2D eigenvalue weighted by molar-refractivity contribution is 0.749. The van der Waals surface area contributed by atoms with Crippen molar-refractivity contribution in [2.45, 2.75) is 12.5 Å². The maximum Gasteiger partial charge on any atom is 0.0626 e. The summed E-state index contributed by atoms with van der Waals surface area (Å²) in [6.07, 6.45) is 3.36. The minimum absolute atomic E-state index is 0.172. The van der Waals surface area contributed by atoms with Gasteiger partial charge in [0.15, 0.2) is 0 Å². The molecule has 0 aromatic heterocycles. The number of anilines is 1. The van der Waals surface area contributed by atoms with Gasteiger partial charge in [0.2, 0.25) is 0 Å². The molecule has 1 aliphatic rings. The van der Waals surface area contributed by atoms with Gasteiger partial charge in [0.1, 0.15) is 0 Å². The van der Waals surface area contributed by atoms with Crippen LogP contribution in [0.25, 0.3) is 82.2 Å². The van der Waals surface area contributed by atoms with Gasteiger partial charge in [-0.3, -0.25) is 0 Å². The molecule has 0 aliphatic carbocycles. The number of nitrogens with zero attached hydrogens (tertiary/aromatic N) is 1. The number of benzene rings is 10. The van der Waals surface area contributed by atoms with Crippen LogP contribution in [-0.4, -0.2) is 0 Å². The molecule has 0 saturated heterocycles. The summed E-state index contributed by atoms with van der Waals surface area (Å²) in [6, 6.07) is 78.5. The second kappa shape index (κ2) is 13.8. The van der Waals surface area contributed by atoms with Gasteiger partial charge < -0.3 is 4.90 Å². The van der Waals surface area contributed by atoms with Gasteiger partial charge in [-0.1, -0.05) is 200 Å². The van der Waals surface area contributed by atoms with E-state index >= 15 is 0 Å². The van der Waals surface area contributed by atoms with Gasteiger partial charge in [0.25, 0.3) is 0 Å². The minimum atomic E-state index is 0.172. The summed E-state index contributed by atoms with van der Waals surface area (Å²) in [4.78, 5) is 2.58. The first-order valence-electron chi connectivity index (χ1n) is 20.0. The van der Waals surface area contributed by atoms with Crippen LogP contribution in [0.4, 0.5) is 5.69 Å². The van der Waals surface area contributed by atoms with Crippen molar-refractivity contribution in [3.63, 3.8) is 0 Å². The van der Waals surface area contributed by atoms with Gasteiger partial charge >= 0.3 is 0 Å². The molecule has 10 aromatic rings. The minimum Gasteiger partial charge on any atom is -0.333 e. The fourth-order valence-corrected chi connectivity index (χ4v) is 9.38. The lowest BCUT2D eigenvalue weighted by atomic mass is 9.81. The summed E-state index contributed by atoms with van der Waals surface area (Å²) >= 11 is 0. The molecular weight excluding hydrogens is 687 g/mol. The third-order valence-electron chi connectivity index (χ3n) is 11.9. The second-order valence-electron chi connectivity index (χ2n) is 15.2. The van der Waals surface area contributed by atoms with Gasteiger partial charge in [-0.25, -0.2) is 0 Å². The Morgan fingerprint density at radius 3 is 1.68 bits per heavy atom. The third kappa shape index (κ3) is 5.62. The fourth-order valence-electron chi connectivity index (χ4n) is 9.38. The van der Waals surface area contributed by atoms with Crippen LogP contribution in [0.1, 0.15) is 23.6 Å². The Bertz CT molecular complexity index is 3140. The highest BCUT2D eigenvalue weighted by Crippen LogP contribution is 2.51. The van der Waals surface area contributed by atoms with Gasteiger partial charge in [0, 0.05) is 11.4 Å². The van der Waals surface area contributed by atoms with Crippen LogP contribution in [-0.2, 0) is 0 Å². The van der Waals surface area contributed by atoms with E-state index < -0.39 is 0 Å². The fraction of sp³-hybridized carbons (Fsp3) is 0.0357. The molecular formula is C56H39N. The van der Waals surface area contributed by atoms with E-state index in [-0.39, 0.29) is 6.04 Å². The lowest BCUT2D eigenvalue weighted by Gasteiger charge is -2.31. The number of fused-ring (bicyclic) bond motifs is 4. The van der Waals surface area contributed by atoms with E-state index in [0.29, 0.717) is 0 Å². The normalized spacial score (nSPS) is 14.1. The molecule has 0 amide bonds. The topological polar surface area (TPSA) is 3.24 Å². The van der Waals surface area contributed by atoms with Crippen molar-refractivity contribution >= 4 is 54.5 Å². The first-order valence-corrected chi connectivity index (χ1v) is 20.0. The van der Waals surface area contributed by atoms with E-state index in [1.807, 2.05) is 0 Å². The molecule has 0 bridgehead atoms. The van der Waals surface area contributed by atoms with Crippen LogP contribution in [0, 0.1) is 0 Å². The molecule has 1 atom stereocenters. The molecule has 1 heterocycles. The van der Waals surface area contributed by atoms with Crippen LogP contribution in [0.2, 0.25) is 0 Å². The SMILES string of the molecule is C1=C(c2ccccc2)N(c2ccc3c(-c4c(-c5ccccc5)ccc5ccccc45)c4ccccc4c(-c4ccc5ccccc5c4)c3c2)C(c2ccccc2)C1. The molecule has 11 rings (SSSR count). The number of hydrogen-bond acceptors (Lipinski definition) is 1. The van der Waals surface area contributed by atoms with Gasteiger partial charge in [0.05, 0.1) is 6.04 Å². The first-order chi connectivity index (χ1) is 28.3. The van der Waals surface area contributed by atoms with E-state index in [4.69, 9.17) is 0 Å². The number of hydrogen-bond donors (Lipinski definition) is 0. The maximum atomic E-state index is 2.58. The van der Waals surface area contributed by atoms with Crippen molar-refractivity contribution in [2.24, 2.45) is 0 Å². The molecule has 268 valence electrons. The Labute approximate surface area is 333 Å². The molecule has 1 aliphatic heterocycles. The third-order valence-corrected chi connectivity index (χ3v) is 11.9. The number of rotatable bonds is 6. The van der Waals surface area contributed by atoms with Gasteiger partial charge in [-0.05, 0) is 112 Å².